The molecule has 0 aliphatic carbocycles. The largest absolute Gasteiger partial charge is 0.332 e. The molecule has 1 unspecified atom stereocenters. The van der Waals surface area contributed by atoms with E-state index >= 15 is 0 Å². The van der Waals surface area contributed by atoms with E-state index < -0.39 is 0 Å². The first kappa shape index (κ1) is 10.7. The van der Waals surface area contributed by atoms with Crippen LogP contribution >= 0.6 is 11.8 Å². The van der Waals surface area contributed by atoms with Crippen LogP contribution in [0.5, 0.6) is 0 Å². The van der Waals surface area contributed by atoms with Crippen molar-refractivity contribution in [2.24, 2.45) is 5.92 Å². The molecule has 1 aromatic rings. The molecule has 1 fully saturated rings. The minimum atomic E-state index is 0.739. The molecule has 3 heterocycles. The molecule has 1 atom stereocenters. The van der Waals surface area contributed by atoms with Crippen LogP contribution in [0, 0.1) is 5.92 Å². The summed E-state index contributed by atoms with van der Waals surface area (Å²) in [5.41, 5.74) is 1.48. The van der Waals surface area contributed by atoms with Crippen LogP contribution in [0.15, 0.2) is 6.20 Å². The fourth-order valence-electron chi connectivity index (χ4n) is 2.94. The van der Waals surface area contributed by atoms with Gasteiger partial charge in [-0.15, -0.1) is 0 Å². The normalized spacial score (nSPS) is 26.7. The van der Waals surface area contributed by atoms with E-state index in [4.69, 9.17) is 4.98 Å². The van der Waals surface area contributed by atoms with E-state index in [1.807, 2.05) is 0 Å². The van der Waals surface area contributed by atoms with Gasteiger partial charge in [0.15, 0.2) is 0 Å². The standard InChI is InChI=1S/C13H20N2S/c1-10-2-5-15-12(8-10)9-14-13(15)11-3-6-16-7-4-11/h9-11H,2-8H2,1H3. The summed E-state index contributed by atoms with van der Waals surface area (Å²) < 4.78 is 2.51. The van der Waals surface area contributed by atoms with E-state index in [1.54, 1.807) is 0 Å². The Kier molecular flexibility index (Phi) is 2.97. The zero-order valence-corrected chi connectivity index (χ0v) is 10.8. The van der Waals surface area contributed by atoms with E-state index in [0.717, 1.165) is 11.8 Å². The fraction of sp³-hybridized carbons (Fsp3) is 0.769. The highest BCUT2D eigenvalue weighted by atomic mass is 32.2. The third-order valence-corrected chi connectivity index (χ3v) is 5.01. The molecule has 0 amide bonds. The van der Waals surface area contributed by atoms with E-state index in [-0.39, 0.29) is 0 Å². The monoisotopic (exact) mass is 236 g/mol. The Balaban J connectivity index is 1.85. The molecule has 3 rings (SSSR count). The zero-order valence-electron chi connectivity index (χ0n) is 9.98. The topological polar surface area (TPSA) is 17.8 Å². The van der Waals surface area contributed by atoms with Crippen molar-refractivity contribution in [3.05, 3.63) is 17.7 Å². The van der Waals surface area contributed by atoms with Crippen LogP contribution < -0.4 is 0 Å². The molecule has 16 heavy (non-hydrogen) atoms. The second-order valence-corrected chi connectivity index (χ2v) is 6.47. The number of imidazole rings is 1. The summed E-state index contributed by atoms with van der Waals surface area (Å²) in [6, 6.07) is 0. The van der Waals surface area contributed by atoms with Gasteiger partial charge in [0.05, 0.1) is 0 Å². The van der Waals surface area contributed by atoms with Gasteiger partial charge in [0.25, 0.3) is 0 Å². The Morgan fingerprint density at radius 2 is 2.12 bits per heavy atom. The molecule has 2 aliphatic heterocycles. The van der Waals surface area contributed by atoms with Crippen molar-refractivity contribution in [1.82, 2.24) is 9.55 Å². The highest BCUT2D eigenvalue weighted by Gasteiger charge is 2.24. The minimum Gasteiger partial charge on any atom is -0.332 e. The second-order valence-electron chi connectivity index (χ2n) is 5.24. The molecule has 0 N–H and O–H groups in total. The highest BCUT2D eigenvalue weighted by molar-refractivity contribution is 7.99. The van der Waals surface area contributed by atoms with Gasteiger partial charge in [-0.3, -0.25) is 0 Å². The van der Waals surface area contributed by atoms with Crippen molar-refractivity contribution in [1.29, 1.82) is 0 Å². The summed E-state index contributed by atoms with van der Waals surface area (Å²) in [6.45, 7) is 3.56. The van der Waals surface area contributed by atoms with E-state index in [2.05, 4.69) is 29.4 Å². The number of fused-ring (bicyclic) bond motifs is 1. The maximum absolute atomic E-state index is 4.71. The third-order valence-electron chi connectivity index (χ3n) is 3.96. The van der Waals surface area contributed by atoms with Crippen molar-refractivity contribution in [2.45, 2.75) is 45.1 Å². The number of nitrogens with zero attached hydrogens (tertiary/aromatic N) is 2. The van der Waals surface area contributed by atoms with Gasteiger partial charge in [-0.2, -0.15) is 11.8 Å². The van der Waals surface area contributed by atoms with E-state index in [9.17, 15) is 0 Å². The van der Waals surface area contributed by atoms with Crippen LogP contribution in [0.2, 0.25) is 0 Å². The van der Waals surface area contributed by atoms with Crippen molar-refractivity contribution < 1.29 is 0 Å². The molecule has 88 valence electrons. The molecule has 0 radical (unpaired) electrons. The number of aromatic nitrogens is 2. The highest BCUT2D eigenvalue weighted by Crippen LogP contribution is 2.33. The molecule has 3 heteroatoms. The summed E-state index contributed by atoms with van der Waals surface area (Å²) >= 11 is 2.10. The van der Waals surface area contributed by atoms with Gasteiger partial charge in [0.1, 0.15) is 5.82 Å². The molecule has 0 saturated carbocycles. The number of rotatable bonds is 1. The first-order valence-electron chi connectivity index (χ1n) is 6.46. The van der Waals surface area contributed by atoms with Crippen molar-refractivity contribution in [3.63, 3.8) is 0 Å². The van der Waals surface area contributed by atoms with Crippen LogP contribution in [0.3, 0.4) is 0 Å². The molecule has 0 aromatic carbocycles. The fourth-order valence-corrected chi connectivity index (χ4v) is 4.04. The molecule has 2 aliphatic rings. The lowest BCUT2D eigenvalue weighted by Gasteiger charge is -2.26. The molecule has 2 nitrogen and oxygen atoms in total. The predicted octanol–water partition coefficient (Wildman–Crippen LogP) is 3.08. The van der Waals surface area contributed by atoms with Crippen molar-refractivity contribution >= 4 is 11.8 Å². The lowest BCUT2D eigenvalue weighted by Crippen LogP contribution is -2.21. The summed E-state index contributed by atoms with van der Waals surface area (Å²) in [5.74, 6) is 5.62. The quantitative estimate of drug-likeness (QED) is 0.746. The first-order valence-corrected chi connectivity index (χ1v) is 7.62. The van der Waals surface area contributed by atoms with Gasteiger partial charge in [-0.25, -0.2) is 4.98 Å². The number of hydrogen-bond donors (Lipinski definition) is 0. The van der Waals surface area contributed by atoms with Crippen LogP contribution in [0.4, 0.5) is 0 Å². The summed E-state index contributed by atoms with van der Waals surface area (Å²) in [5, 5.41) is 0. The SMILES string of the molecule is CC1CCn2c(cnc2C2CCSCC2)C1. The summed E-state index contributed by atoms with van der Waals surface area (Å²) in [4.78, 5) is 4.71. The maximum Gasteiger partial charge on any atom is 0.112 e. The van der Waals surface area contributed by atoms with Gasteiger partial charge in [-0.05, 0) is 43.1 Å². The van der Waals surface area contributed by atoms with E-state index in [1.165, 1.54) is 55.3 Å². The van der Waals surface area contributed by atoms with Crippen molar-refractivity contribution in [3.8, 4) is 0 Å². The molecule has 1 saturated heterocycles. The van der Waals surface area contributed by atoms with Crippen molar-refractivity contribution in [2.75, 3.05) is 11.5 Å². The van der Waals surface area contributed by atoms with Crippen LogP contribution in [-0.2, 0) is 13.0 Å². The smallest absolute Gasteiger partial charge is 0.112 e. The Hall–Kier alpha value is -0.440. The predicted molar refractivity (Wildman–Crippen MR) is 69.0 cm³/mol. The lowest BCUT2D eigenvalue weighted by atomic mass is 9.97. The Morgan fingerprint density at radius 3 is 2.94 bits per heavy atom. The average Bonchev–Trinajstić information content (AvgIpc) is 2.73. The van der Waals surface area contributed by atoms with Gasteiger partial charge < -0.3 is 4.57 Å². The molecule has 0 bridgehead atoms. The maximum atomic E-state index is 4.71. The lowest BCUT2D eigenvalue weighted by molar-refractivity contribution is 0.398. The first-order chi connectivity index (χ1) is 7.84. The molecular weight excluding hydrogens is 216 g/mol. The van der Waals surface area contributed by atoms with Crippen LogP contribution in [0.1, 0.15) is 43.6 Å². The Labute approximate surface area is 102 Å². The summed E-state index contributed by atoms with van der Waals surface area (Å²) in [7, 11) is 0. The Bertz CT molecular complexity index is 366. The second kappa shape index (κ2) is 4.44. The zero-order chi connectivity index (χ0) is 11.0. The molecule has 1 aromatic heterocycles. The number of thioether (sulfide) groups is 1. The van der Waals surface area contributed by atoms with Gasteiger partial charge in [-0.1, -0.05) is 6.92 Å². The number of hydrogen-bond acceptors (Lipinski definition) is 2. The minimum absolute atomic E-state index is 0.739. The van der Waals surface area contributed by atoms with Gasteiger partial charge in [0.2, 0.25) is 0 Å². The van der Waals surface area contributed by atoms with Gasteiger partial charge >= 0.3 is 0 Å². The average molecular weight is 236 g/mol. The van der Waals surface area contributed by atoms with E-state index in [0.29, 0.717) is 0 Å². The van der Waals surface area contributed by atoms with Crippen LogP contribution in [0.25, 0.3) is 0 Å². The molecular formula is C13H20N2S. The Morgan fingerprint density at radius 1 is 1.31 bits per heavy atom. The van der Waals surface area contributed by atoms with Crippen LogP contribution in [-0.4, -0.2) is 21.1 Å². The third kappa shape index (κ3) is 1.90. The van der Waals surface area contributed by atoms with Gasteiger partial charge in [0, 0.05) is 24.4 Å². The summed E-state index contributed by atoms with van der Waals surface area (Å²) in [6.07, 6.45) is 7.35. The molecule has 0 spiro atoms.